The molecule has 0 radical (unpaired) electrons. The van der Waals surface area contributed by atoms with Crippen molar-refractivity contribution in [1.82, 2.24) is 0 Å². The van der Waals surface area contributed by atoms with Crippen LogP contribution >= 0.6 is 0 Å². The van der Waals surface area contributed by atoms with E-state index in [0.717, 1.165) is 25.7 Å². The lowest BCUT2D eigenvalue weighted by Gasteiger charge is -2.27. The number of rotatable bonds is 5. The number of esters is 1. The monoisotopic (exact) mass is 241 g/mol. The predicted molar refractivity (Wildman–Crippen MR) is 62.1 cm³/mol. The van der Waals surface area contributed by atoms with Crippen LogP contribution in [0.5, 0.6) is 0 Å². The predicted octanol–water partition coefficient (Wildman–Crippen LogP) is 1.62. The molecule has 0 bridgehead atoms. The Morgan fingerprint density at radius 2 is 1.59 bits per heavy atom. The van der Waals surface area contributed by atoms with Crippen molar-refractivity contribution in [3.63, 3.8) is 0 Å². The van der Waals surface area contributed by atoms with Crippen molar-refractivity contribution in [1.29, 1.82) is 0 Å². The molecular formula is C12H19NO4. The molecule has 0 unspecified atom stereocenters. The zero-order valence-electron chi connectivity index (χ0n) is 9.89. The molecule has 1 fully saturated rings. The van der Waals surface area contributed by atoms with Crippen LogP contribution in [-0.2, 0) is 14.3 Å². The van der Waals surface area contributed by atoms with Crippen molar-refractivity contribution in [2.45, 2.75) is 25.7 Å². The van der Waals surface area contributed by atoms with E-state index in [1.54, 1.807) is 0 Å². The second-order valence-corrected chi connectivity index (χ2v) is 4.35. The summed E-state index contributed by atoms with van der Waals surface area (Å²) >= 11 is 0. The summed E-state index contributed by atoms with van der Waals surface area (Å²) in [5.74, 6) is 0.418. The largest absolute Gasteiger partial charge is 0.462 e. The van der Waals surface area contributed by atoms with Gasteiger partial charge in [-0.25, -0.2) is 9.59 Å². The zero-order valence-corrected chi connectivity index (χ0v) is 9.89. The first-order valence-corrected chi connectivity index (χ1v) is 5.83. The Morgan fingerprint density at radius 1 is 1.12 bits per heavy atom. The minimum absolute atomic E-state index is 0.371. The first-order valence-electron chi connectivity index (χ1n) is 5.83. The van der Waals surface area contributed by atoms with E-state index in [9.17, 15) is 9.59 Å². The van der Waals surface area contributed by atoms with Gasteiger partial charge in [0.1, 0.15) is 0 Å². The van der Waals surface area contributed by atoms with Gasteiger partial charge >= 0.3 is 12.1 Å². The quantitative estimate of drug-likeness (QED) is 0.586. The zero-order chi connectivity index (χ0) is 12.7. The van der Waals surface area contributed by atoms with Crippen molar-refractivity contribution in [3.05, 3.63) is 12.7 Å². The molecule has 2 N–H and O–H groups in total. The van der Waals surface area contributed by atoms with Gasteiger partial charge in [0.15, 0.2) is 0 Å². The topological polar surface area (TPSA) is 78.6 Å². The summed E-state index contributed by atoms with van der Waals surface area (Å²) in [5.41, 5.74) is 4.91. The molecule has 0 spiro atoms. The number of nitrogens with two attached hydrogens (primary N) is 1. The molecule has 0 aliphatic heterocycles. The summed E-state index contributed by atoms with van der Waals surface area (Å²) in [5, 5.41) is 0. The third kappa shape index (κ3) is 5.38. The maximum Gasteiger partial charge on any atom is 0.404 e. The van der Waals surface area contributed by atoms with Crippen LogP contribution in [0.2, 0.25) is 0 Å². The normalized spacial score (nSPS) is 23.8. The summed E-state index contributed by atoms with van der Waals surface area (Å²) in [6, 6.07) is 0. The van der Waals surface area contributed by atoms with E-state index in [1.807, 2.05) is 0 Å². The van der Waals surface area contributed by atoms with Gasteiger partial charge in [-0.2, -0.15) is 0 Å². The molecule has 0 aromatic rings. The molecule has 1 saturated carbocycles. The summed E-state index contributed by atoms with van der Waals surface area (Å²) < 4.78 is 9.77. The highest BCUT2D eigenvalue weighted by molar-refractivity contribution is 5.81. The molecule has 0 aromatic carbocycles. The molecule has 1 aliphatic carbocycles. The molecule has 1 rings (SSSR count). The Balaban J connectivity index is 2.15. The molecule has 96 valence electrons. The second kappa shape index (κ2) is 6.93. The highest BCUT2D eigenvalue weighted by Crippen LogP contribution is 2.29. The van der Waals surface area contributed by atoms with Gasteiger partial charge in [0, 0.05) is 6.08 Å². The number of hydrogen-bond donors (Lipinski definition) is 1. The summed E-state index contributed by atoms with van der Waals surface area (Å²) in [4.78, 5) is 21.3. The average molecular weight is 241 g/mol. The minimum atomic E-state index is -0.716. The van der Waals surface area contributed by atoms with Crippen LogP contribution in [0.15, 0.2) is 12.7 Å². The van der Waals surface area contributed by atoms with Gasteiger partial charge in [-0.3, -0.25) is 0 Å². The number of carbonyl (C=O) groups is 2. The van der Waals surface area contributed by atoms with Gasteiger partial charge in [0.2, 0.25) is 0 Å². The van der Waals surface area contributed by atoms with Gasteiger partial charge in [0.25, 0.3) is 0 Å². The lowest BCUT2D eigenvalue weighted by Crippen LogP contribution is -2.24. The molecule has 5 heteroatoms. The first kappa shape index (κ1) is 13.5. The summed E-state index contributed by atoms with van der Waals surface area (Å²) in [6.45, 7) is 4.19. The van der Waals surface area contributed by atoms with E-state index in [0.29, 0.717) is 25.0 Å². The van der Waals surface area contributed by atoms with Gasteiger partial charge < -0.3 is 15.2 Å². The van der Waals surface area contributed by atoms with Crippen molar-refractivity contribution in [2.24, 2.45) is 17.6 Å². The van der Waals surface area contributed by atoms with Gasteiger partial charge in [-0.1, -0.05) is 6.58 Å². The van der Waals surface area contributed by atoms with Crippen LogP contribution in [0.3, 0.4) is 0 Å². The van der Waals surface area contributed by atoms with Crippen molar-refractivity contribution in [3.8, 4) is 0 Å². The lowest BCUT2D eigenvalue weighted by atomic mass is 9.83. The molecular weight excluding hydrogens is 222 g/mol. The third-order valence-corrected chi connectivity index (χ3v) is 3.06. The van der Waals surface area contributed by atoms with Crippen LogP contribution in [-0.4, -0.2) is 25.3 Å². The van der Waals surface area contributed by atoms with Crippen LogP contribution in [0.25, 0.3) is 0 Å². The minimum Gasteiger partial charge on any atom is -0.462 e. The maximum atomic E-state index is 10.9. The number of ether oxygens (including phenoxy) is 2. The molecule has 0 atom stereocenters. The van der Waals surface area contributed by atoms with Crippen molar-refractivity contribution in [2.75, 3.05) is 13.2 Å². The van der Waals surface area contributed by atoms with E-state index in [1.165, 1.54) is 6.08 Å². The molecule has 5 nitrogen and oxygen atoms in total. The van der Waals surface area contributed by atoms with E-state index in [4.69, 9.17) is 15.2 Å². The van der Waals surface area contributed by atoms with Crippen LogP contribution < -0.4 is 5.73 Å². The summed E-state index contributed by atoms with van der Waals surface area (Å²) in [6.07, 6.45) is 4.38. The maximum absolute atomic E-state index is 10.9. The molecule has 1 aliphatic rings. The molecule has 0 heterocycles. The number of carbonyl (C=O) groups excluding carboxylic acids is 2. The fraction of sp³-hybridized carbons (Fsp3) is 0.667. The first-order chi connectivity index (χ1) is 8.11. The second-order valence-electron chi connectivity index (χ2n) is 4.35. The highest BCUT2D eigenvalue weighted by atomic mass is 16.5. The SMILES string of the molecule is C=CC(=O)OCC1CCC(COC(N)=O)CC1. The van der Waals surface area contributed by atoms with Gasteiger partial charge in [-0.05, 0) is 37.5 Å². The van der Waals surface area contributed by atoms with E-state index in [-0.39, 0.29) is 5.97 Å². The van der Waals surface area contributed by atoms with Crippen molar-refractivity contribution >= 4 is 12.1 Å². The Kier molecular flexibility index (Phi) is 5.52. The number of amides is 1. The standard InChI is InChI=1S/C12H19NO4/c1-2-11(14)16-7-9-3-5-10(6-4-9)8-17-12(13)15/h2,9-10H,1,3-8H2,(H2,13,15). The van der Waals surface area contributed by atoms with E-state index < -0.39 is 6.09 Å². The Labute approximate surface area is 101 Å². The van der Waals surface area contributed by atoms with E-state index >= 15 is 0 Å². The smallest absolute Gasteiger partial charge is 0.404 e. The Bertz CT molecular complexity index is 282. The molecule has 17 heavy (non-hydrogen) atoms. The van der Waals surface area contributed by atoms with Crippen LogP contribution in [0.1, 0.15) is 25.7 Å². The van der Waals surface area contributed by atoms with Crippen LogP contribution in [0.4, 0.5) is 4.79 Å². The fourth-order valence-electron chi connectivity index (χ4n) is 2.02. The fourth-order valence-corrected chi connectivity index (χ4v) is 2.02. The number of primary amides is 1. The van der Waals surface area contributed by atoms with Gasteiger partial charge in [0.05, 0.1) is 13.2 Å². The van der Waals surface area contributed by atoms with Gasteiger partial charge in [-0.15, -0.1) is 0 Å². The lowest BCUT2D eigenvalue weighted by molar-refractivity contribution is -0.139. The molecule has 1 amide bonds. The van der Waals surface area contributed by atoms with Crippen molar-refractivity contribution < 1.29 is 19.1 Å². The third-order valence-electron chi connectivity index (χ3n) is 3.06. The highest BCUT2D eigenvalue weighted by Gasteiger charge is 2.22. The Hall–Kier alpha value is -1.52. The average Bonchev–Trinajstić information content (AvgIpc) is 2.34. The van der Waals surface area contributed by atoms with Crippen LogP contribution in [0, 0.1) is 11.8 Å². The number of hydrogen-bond acceptors (Lipinski definition) is 4. The summed E-state index contributed by atoms with van der Waals surface area (Å²) in [7, 11) is 0. The van der Waals surface area contributed by atoms with E-state index in [2.05, 4.69) is 6.58 Å². The Morgan fingerprint density at radius 3 is 2.00 bits per heavy atom. The molecule has 0 saturated heterocycles. The molecule has 0 aromatic heterocycles.